The van der Waals surface area contributed by atoms with Gasteiger partial charge in [-0.3, -0.25) is 43.4 Å². The number of carboxylic acid groups (broad SMARTS) is 2. The molecule has 27 heteroatoms. The molecule has 113 heavy (non-hydrogen) atoms. The average Bonchev–Trinajstić information content (AvgIpc) is 1.16. The van der Waals surface area contributed by atoms with Crippen LogP contribution in [-0.4, -0.2) is 200 Å². The topological polar surface area (TPSA) is 295 Å². The van der Waals surface area contributed by atoms with Crippen LogP contribution < -0.4 is 20.1 Å². The molecular formula is C86H150N12O11S4. The number of thioether (sulfide) groups is 2. The number of unbranched alkanes of at least 4 members (excludes halogenated alkanes) is 1. The molecule has 0 fully saturated rings. The van der Waals surface area contributed by atoms with Crippen LogP contribution in [0.15, 0.2) is 82.7 Å². The van der Waals surface area contributed by atoms with E-state index >= 15 is 0 Å². The van der Waals surface area contributed by atoms with Crippen molar-refractivity contribution < 1.29 is 53.2 Å². The molecule has 0 radical (unpaired) electrons. The van der Waals surface area contributed by atoms with Gasteiger partial charge in [0.15, 0.2) is 0 Å². The summed E-state index contributed by atoms with van der Waals surface area (Å²) in [5.41, 5.74) is 14.3. The molecule has 5 aromatic rings. The van der Waals surface area contributed by atoms with Gasteiger partial charge in [-0.05, 0) is 159 Å². The van der Waals surface area contributed by atoms with Gasteiger partial charge in [0, 0.05) is 140 Å². The minimum atomic E-state index is -0.818. The second-order valence-electron chi connectivity index (χ2n) is 24.6. The number of nitrogens with one attached hydrogen (secondary N) is 2. The smallest absolute Gasteiger partial charge is 0.317 e. The summed E-state index contributed by atoms with van der Waals surface area (Å²) in [4.78, 5) is 95.3. The minimum Gasteiger partial charge on any atom is -0.491 e. The van der Waals surface area contributed by atoms with Gasteiger partial charge >= 0.3 is 17.9 Å². The number of benzene rings is 2. The van der Waals surface area contributed by atoms with Crippen LogP contribution >= 0.6 is 46.2 Å². The van der Waals surface area contributed by atoms with Crippen LogP contribution in [0.1, 0.15) is 236 Å². The molecule has 2 aromatic carbocycles. The Morgan fingerprint density at radius 3 is 1.61 bits per heavy atom. The molecular weight excluding hydrogens is 1510 g/mol. The molecule has 0 aliphatic heterocycles. The highest BCUT2D eigenvalue weighted by Gasteiger charge is 2.28. The van der Waals surface area contributed by atoms with Gasteiger partial charge in [0.1, 0.15) is 24.7 Å². The second-order valence-corrected chi connectivity index (χ2v) is 29.1. The zero-order chi connectivity index (χ0) is 76.8. The third-order valence-corrected chi connectivity index (χ3v) is 21.0. The summed E-state index contributed by atoms with van der Waals surface area (Å²) >= 11 is 6.69. The normalized spacial score (nSPS) is 12.2. The van der Waals surface area contributed by atoms with Crippen molar-refractivity contribution >= 4 is 87.7 Å². The van der Waals surface area contributed by atoms with E-state index in [0.29, 0.717) is 145 Å². The number of ether oxygens (including phenoxy) is 2. The van der Waals surface area contributed by atoms with Crippen molar-refractivity contribution in [2.45, 2.75) is 262 Å². The average molecular weight is 1660 g/mol. The van der Waals surface area contributed by atoms with Crippen LogP contribution in [0, 0.1) is 12.3 Å². The maximum Gasteiger partial charge on any atom is 0.317 e. The number of aromatic nitrogens is 3. The van der Waals surface area contributed by atoms with Crippen LogP contribution in [-0.2, 0) is 85.1 Å². The first kappa shape index (κ1) is 116. The van der Waals surface area contributed by atoms with Gasteiger partial charge < -0.3 is 40.1 Å². The summed E-state index contributed by atoms with van der Waals surface area (Å²) in [6.07, 6.45) is 22.1. The highest BCUT2D eigenvalue weighted by atomic mass is 32.2. The van der Waals surface area contributed by atoms with Crippen LogP contribution in [0.4, 0.5) is 0 Å². The lowest BCUT2D eigenvalue weighted by atomic mass is 9.86. The molecule has 2 unspecified atom stereocenters. The molecule has 3 aromatic heterocycles. The highest BCUT2D eigenvalue weighted by Crippen LogP contribution is 2.34. The zero-order valence-electron chi connectivity index (χ0n) is 63.6. The highest BCUT2D eigenvalue weighted by molar-refractivity contribution is 7.99. The van der Waals surface area contributed by atoms with Crippen molar-refractivity contribution in [2.24, 2.45) is 5.11 Å². The summed E-state index contributed by atoms with van der Waals surface area (Å²) in [6, 6.07) is 22.1. The Morgan fingerprint density at radius 2 is 1.12 bits per heavy atom. The molecule has 644 valence electrons. The molecule has 4 N–H and O–H groups in total. The van der Waals surface area contributed by atoms with Gasteiger partial charge in [0.25, 0.3) is 0 Å². The maximum absolute atomic E-state index is 12.4. The van der Waals surface area contributed by atoms with Crippen LogP contribution in [0.3, 0.4) is 0 Å². The van der Waals surface area contributed by atoms with E-state index in [0.717, 1.165) is 101 Å². The first-order chi connectivity index (χ1) is 51.1. The molecule has 0 saturated heterocycles. The fourth-order valence-corrected chi connectivity index (χ4v) is 15.1. The predicted octanol–water partition coefficient (Wildman–Crippen LogP) is 18.4. The number of nitrogens with zero attached hydrogens (tertiary/aromatic N) is 10. The lowest BCUT2D eigenvalue weighted by Gasteiger charge is -2.35. The standard InChI is InChI=1S/C37H54N6O5S2.C21H26N4O2S.C16H26N2O4S.2C2H6.8CH4/c1-3-18-41(19-15-32-10-7-24-50-32)31-13-14-33-29(27-31)8-5-11-34(33)48-23-21-43-28-30(39-40-43)9-6-12-35(44)38-17-20-42(36(45)4-2)22-26-49-25-16-37(46)47;1-2-11-25(12-10-18-6-4-13-28-18)17-9-8-16-5-3-7-20(19(16)14-17)27-21(26)15-23-24-22;1-3-5-6-7-14(19)17-9-10-18(15(20)4-2)11-13-23-12-8-16(21)22;2*1-2;;;;;;;;/h5,7-8,10-11,24,28,31H,3-4,6,9,12-23,25-27H2,1-2H3,(H,38,44)(H,46,47);3-7,13,17H,2,8-12,14-15H2,1H3;1H,4-13H2,2H3,(H,17,19)(H,21,22);2*1-2H3;8*1H4. The van der Waals surface area contributed by atoms with Gasteiger partial charge in [-0.25, -0.2) is 4.68 Å². The largest absolute Gasteiger partial charge is 0.491 e. The van der Waals surface area contributed by atoms with Crippen molar-refractivity contribution in [3.63, 3.8) is 0 Å². The van der Waals surface area contributed by atoms with Gasteiger partial charge in [0.2, 0.25) is 23.6 Å². The summed E-state index contributed by atoms with van der Waals surface area (Å²) < 4.78 is 13.6. The first-order valence-electron chi connectivity index (χ1n) is 37.7. The van der Waals surface area contributed by atoms with Gasteiger partial charge in [0.05, 0.1) is 25.1 Å². The van der Waals surface area contributed by atoms with E-state index in [1.807, 2.05) is 75.6 Å². The van der Waals surface area contributed by atoms with E-state index in [-0.39, 0.29) is 102 Å². The monoisotopic (exact) mass is 1660 g/mol. The van der Waals surface area contributed by atoms with Gasteiger partial charge in [-0.1, -0.05) is 162 Å². The van der Waals surface area contributed by atoms with Crippen molar-refractivity contribution in [3.05, 3.63) is 126 Å². The Balaban J connectivity index is -0.000000390. The maximum atomic E-state index is 12.4. The van der Waals surface area contributed by atoms with E-state index in [1.165, 1.54) is 56.4 Å². The number of azide groups is 1. The summed E-state index contributed by atoms with van der Waals surface area (Å²) in [5.74, 6) is 4.29. The number of carboxylic acids is 2. The van der Waals surface area contributed by atoms with Crippen molar-refractivity contribution in [3.8, 4) is 23.8 Å². The van der Waals surface area contributed by atoms with E-state index in [9.17, 15) is 33.6 Å². The van der Waals surface area contributed by atoms with E-state index in [1.54, 1.807) is 21.4 Å². The summed E-state index contributed by atoms with van der Waals surface area (Å²) in [7, 11) is 0. The Hall–Kier alpha value is -7.44. The molecule has 4 amide bonds. The van der Waals surface area contributed by atoms with Crippen molar-refractivity contribution in [1.29, 1.82) is 0 Å². The number of carbonyl (C=O) groups is 7. The molecule has 2 aliphatic rings. The van der Waals surface area contributed by atoms with Crippen molar-refractivity contribution in [1.82, 2.24) is 45.2 Å². The third-order valence-electron chi connectivity index (χ3n) is 17.2. The summed E-state index contributed by atoms with van der Waals surface area (Å²) in [5, 5.41) is 39.2. The lowest BCUT2D eigenvalue weighted by Crippen LogP contribution is -2.41. The molecule has 2 atom stereocenters. The number of hydrogen-bond acceptors (Lipinski definition) is 18. The predicted molar refractivity (Wildman–Crippen MR) is 481 cm³/mol. The fraction of sp³-hybridized carbons (Fsp3) is 0.640. The number of amides is 4. The number of aryl methyl sites for hydroxylation is 2. The molecule has 7 rings (SSSR count). The van der Waals surface area contributed by atoms with Crippen LogP contribution in [0.5, 0.6) is 11.5 Å². The molecule has 0 saturated carbocycles. The Kier molecular flexibility index (Phi) is 74.5. The Labute approximate surface area is 700 Å². The third kappa shape index (κ3) is 48.5. The molecule has 0 bridgehead atoms. The quantitative estimate of drug-likeness (QED) is 0.00535. The second kappa shape index (κ2) is 72.3. The number of thiophene rings is 2. The Morgan fingerprint density at radius 1 is 0.619 bits per heavy atom. The number of esters is 1. The number of aliphatic carboxylic acids is 2. The van der Waals surface area contributed by atoms with Gasteiger partial charge in [-0.2, -0.15) is 23.5 Å². The molecule has 2 aliphatic carbocycles. The van der Waals surface area contributed by atoms with E-state index in [4.69, 9.17) is 31.6 Å². The zero-order valence-corrected chi connectivity index (χ0v) is 66.8. The number of rotatable bonds is 46. The van der Waals surface area contributed by atoms with Gasteiger partial charge in [-0.15, -0.1) is 40.1 Å². The Bertz CT molecular complexity index is 3360. The fourth-order valence-electron chi connectivity index (χ4n) is 12.0. The summed E-state index contributed by atoms with van der Waals surface area (Å²) in [6.45, 7) is 24.1. The van der Waals surface area contributed by atoms with Crippen LogP contribution in [0.25, 0.3) is 10.4 Å². The SMILES string of the molecule is C.C.C.C.C.C.C.C.C#CCCCC(=O)NCCN(CCSCCC(=O)O)C(=O)CC.CC.CC.CCCN(CCc1cccs1)C1CCc2c(cccc2OCCn2cc(CCCC(=O)NCCN(CCSCCC(=O)O)C(=O)CC)nn2)C1.CCCN(CCc1cccs1)C1CCc2cccc(OC(=O)CN=[N+]=[N-])c2C1. The first-order valence-corrected chi connectivity index (χ1v) is 41.7. The molecule has 3 heterocycles. The minimum absolute atomic E-state index is 0. The van der Waals surface area contributed by atoms with E-state index < -0.39 is 17.9 Å². The molecule has 0 spiro atoms. The van der Waals surface area contributed by atoms with Crippen molar-refractivity contribution in [2.75, 3.05) is 102 Å². The number of hydrogen-bond donors (Lipinski definition) is 4. The van der Waals surface area contributed by atoms with E-state index in [2.05, 4.69) is 120 Å². The molecule has 23 nitrogen and oxygen atoms in total. The number of carbonyl (C=O) groups excluding carboxylic acids is 5. The number of fused-ring (bicyclic) bond motifs is 2. The van der Waals surface area contributed by atoms with Crippen LogP contribution in [0.2, 0.25) is 0 Å². The lowest BCUT2D eigenvalue weighted by molar-refractivity contribution is -0.137. The number of terminal acetylenes is 1.